The van der Waals surface area contributed by atoms with Crippen LogP contribution in [0.5, 0.6) is 0 Å². The van der Waals surface area contributed by atoms with Gasteiger partial charge in [0.25, 0.3) is 0 Å². The van der Waals surface area contributed by atoms with Crippen molar-refractivity contribution in [1.82, 2.24) is 0 Å². The van der Waals surface area contributed by atoms with Crippen LogP contribution in [0.3, 0.4) is 0 Å². The maximum absolute atomic E-state index is 12.5. The van der Waals surface area contributed by atoms with Crippen molar-refractivity contribution in [2.24, 2.45) is 0 Å². The third kappa shape index (κ3) is 6.89. The summed E-state index contributed by atoms with van der Waals surface area (Å²) in [6.07, 6.45) is 7.23. The van der Waals surface area contributed by atoms with Crippen LogP contribution in [0.2, 0.25) is 0 Å². The van der Waals surface area contributed by atoms with E-state index in [1.54, 1.807) is 20.8 Å². The predicted molar refractivity (Wildman–Crippen MR) is 79.5 cm³/mol. The van der Waals surface area contributed by atoms with Gasteiger partial charge in [0.05, 0.1) is 13.2 Å². The molecule has 1 atom stereocenters. The number of unbranched alkanes of at least 4 members (excludes halogenated alkanes) is 5. The topological polar surface area (TPSA) is 55.8 Å². The molecule has 0 aromatic carbocycles. The van der Waals surface area contributed by atoms with Crippen LogP contribution in [0.25, 0.3) is 0 Å². The van der Waals surface area contributed by atoms with Crippen molar-refractivity contribution in [3.05, 3.63) is 0 Å². The van der Waals surface area contributed by atoms with Crippen LogP contribution in [-0.2, 0) is 13.6 Å². The molecule has 0 amide bonds. The average Bonchev–Trinajstić information content (AvgIpc) is 2.34. The van der Waals surface area contributed by atoms with E-state index in [1.165, 1.54) is 19.3 Å². The monoisotopic (exact) mass is 294 g/mol. The van der Waals surface area contributed by atoms with Gasteiger partial charge in [0.15, 0.2) is 5.34 Å². The van der Waals surface area contributed by atoms with Crippen molar-refractivity contribution in [3.63, 3.8) is 0 Å². The Bertz CT molecular complexity index is 256. The first-order valence-electron chi connectivity index (χ1n) is 7.55. The molecule has 0 radical (unpaired) electrons. The average molecular weight is 294 g/mol. The Morgan fingerprint density at radius 1 is 0.947 bits per heavy atom. The molecule has 0 saturated heterocycles. The van der Waals surface area contributed by atoms with Crippen molar-refractivity contribution in [2.75, 3.05) is 13.2 Å². The highest BCUT2D eigenvalue weighted by Crippen LogP contribution is 2.60. The SMILES string of the molecule is CCCCCCCCC(C)(O)P(=O)(OCC)OCC. The van der Waals surface area contributed by atoms with Crippen LogP contribution in [0.1, 0.15) is 72.6 Å². The molecule has 0 spiro atoms. The number of hydrogen-bond acceptors (Lipinski definition) is 4. The van der Waals surface area contributed by atoms with E-state index in [4.69, 9.17) is 9.05 Å². The van der Waals surface area contributed by atoms with Crippen LogP contribution in [0.4, 0.5) is 0 Å². The molecule has 0 aliphatic rings. The van der Waals surface area contributed by atoms with E-state index in [2.05, 4.69) is 6.92 Å². The van der Waals surface area contributed by atoms with Gasteiger partial charge < -0.3 is 14.2 Å². The molecule has 0 bridgehead atoms. The van der Waals surface area contributed by atoms with E-state index in [0.717, 1.165) is 19.3 Å². The van der Waals surface area contributed by atoms with Gasteiger partial charge in [-0.3, -0.25) is 4.57 Å². The molecule has 0 heterocycles. The molecular formula is C14H31O4P. The van der Waals surface area contributed by atoms with Gasteiger partial charge in [-0.2, -0.15) is 0 Å². The molecule has 1 unspecified atom stereocenters. The Labute approximate surface area is 118 Å². The number of hydrogen-bond donors (Lipinski definition) is 1. The van der Waals surface area contributed by atoms with Gasteiger partial charge >= 0.3 is 7.60 Å². The molecule has 0 saturated carbocycles. The minimum absolute atomic E-state index is 0.282. The van der Waals surface area contributed by atoms with E-state index < -0.39 is 12.9 Å². The molecule has 0 fully saturated rings. The summed E-state index contributed by atoms with van der Waals surface area (Å²) in [6, 6.07) is 0. The molecule has 0 aliphatic heterocycles. The Hall–Kier alpha value is 0.110. The second kappa shape index (κ2) is 9.93. The fourth-order valence-electron chi connectivity index (χ4n) is 2.03. The van der Waals surface area contributed by atoms with Crippen LogP contribution < -0.4 is 0 Å². The zero-order valence-electron chi connectivity index (χ0n) is 13.0. The summed E-state index contributed by atoms with van der Waals surface area (Å²) in [7, 11) is -3.43. The molecule has 1 N–H and O–H groups in total. The molecule has 5 heteroatoms. The summed E-state index contributed by atoms with van der Waals surface area (Å²) in [5, 5.41) is 9.00. The fraction of sp³-hybridized carbons (Fsp3) is 1.00. The lowest BCUT2D eigenvalue weighted by molar-refractivity contribution is 0.0725. The Kier molecular flexibility index (Phi) is 9.98. The highest BCUT2D eigenvalue weighted by Gasteiger charge is 2.44. The summed E-state index contributed by atoms with van der Waals surface area (Å²) in [4.78, 5) is 0. The van der Waals surface area contributed by atoms with Crippen LogP contribution in [0.15, 0.2) is 0 Å². The maximum Gasteiger partial charge on any atom is 0.361 e. The van der Waals surface area contributed by atoms with Crippen molar-refractivity contribution >= 4 is 7.60 Å². The summed E-state index contributed by atoms with van der Waals surface area (Å²) in [5.41, 5.74) is 0. The molecule has 0 aliphatic carbocycles. The number of aliphatic hydroxyl groups is 1. The Balaban J connectivity index is 4.21. The summed E-state index contributed by atoms with van der Waals surface area (Å²) < 4.78 is 22.9. The van der Waals surface area contributed by atoms with Gasteiger partial charge in [0.2, 0.25) is 0 Å². The van der Waals surface area contributed by atoms with Gasteiger partial charge in [-0.05, 0) is 33.6 Å². The van der Waals surface area contributed by atoms with Crippen molar-refractivity contribution in [3.8, 4) is 0 Å². The van der Waals surface area contributed by atoms with E-state index in [-0.39, 0.29) is 13.2 Å². The van der Waals surface area contributed by atoms with Crippen LogP contribution >= 0.6 is 7.60 Å². The first kappa shape index (κ1) is 19.1. The van der Waals surface area contributed by atoms with Gasteiger partial charge in [0, 0.05) is 0 Å². The second-order valence-electron chi connectivity index (χ2n) is 5.07. The van der Waals surface area contributed by atoms with E-state index in [9.17, 15) is 9.67 Å². The molecular weight excluding hydrogens is 263 g/mol. The van der Waals surface area contributed by atoms with Crippen molar-refractivity contribution < 1.29 is 18.7 Å². The lowest BCUT2D eigenvalue weighted by Gasteiger charge is -2.31. The van der Waals surface area contributed by atoms with Gasteiger partial charge in [-0.25, -0.2) is 0 Å². The zero-order valence-corrected chi connectivity index (χ0v) is 13.9. The quantitative estimate of drug-likeness (QED) is 0.418. The fourth-order valence-corrected chi connectivity index (χ4v) is 3.78. The van der Waals surface area contributed by atoms with Crippen molar-refractivity contribution in [1.29, 1.82) is 0 Å². The van der Waals surface area contributed by atoms with E-state index in [0.29, 0.717) is 6.42 Å². The minimum atomic E-state index is -3.43. The third-order valence-corrected chi connectivity index (χ3v) is 5.79. The standard InChI is InChI=1S/C14H31O4P/c1-5-8-9-10-11-12-13-14(4,15)19(16,17-6-2)18-7-3/h15H,5-13H2,1-4H3. The smallest absolute Gasteiger partial charge is 0.361 e. The minimum Gasteiger partial charge on any atom is -0.377 e. The van der Waals surface area contributed by atoms with Crippen LogP contribution in [-0.4, -0.2) is 23.7 Å². The Morgan fingerprint density at radius 3 is 1.89 bits per heavy atom. The first-order valence-corrected chi connectivity index (χ1v) is 9.09. The molecule has 116 valence electrons. The summed E-state index contributed by atoms with van der Waals surface area (Å²) in [6.45, 7) is 7.82. The lowest BCUT2D eigenvalue weighted by Crippen LogP contribution is -2.27. The summed E-state index contributed by atoms with van der Waals surface area (Å²) in [5.74, 6) is 0. The molecule has 19 heavy (non-hydrogen) atoms. The zero-order chi connectivity index (χ0) is 14.8. The highest BCUT2D eigenvalue weighted by molar-refractivity contribution is 7.55. The molecule has 0 aromatic heterocycles. The van der Waals surface area contributed by atoms with E-state index in [1.807, 2.05) is 0 Å². The lowest BCUT2D eigenvalue weighted by atomic mass is 10.1. The Morgan fingerprint density at radius 2 is 1.42 bits per heavy atom. The van der Waals surface area contributed by atoms with E-state index >= 15 is 0 Å². The maximum atomic E-state index is 12.5. The first-order chi connectivity index (χ1) is 8.93. The number of rotatable bonds is 12. The molecule has 0 aromatic rings. The normalized spacial score (nSPS) is 15.4. The van der Waals surface area contributed by atoms with Gasteiger partial charge in [-0.1, -0.05) is 39.0 Å². The predicted octanol–water partition coefficient (Wildman–Crippen LogP) is 4.71. The highest BCUT2D eigenvalue weighted by atomic mass is 31.2. The van der Waals surface area contributed by atoms with Crippen molar-refractivity contribution in [2.45, 2.75) is 78.0 Å². The summed E-state index contributed by atoms with van der Waals surface area (Å²) >= 11 is 0. The largest absolute Gasteiger partial charge is 0.377 e. The van der Waals surface area contributed by atoms with Gasteiger partial charge in [-0.15, -0.1) is 0 Å². The molecule has 4 nitrogen and oxygen atoms in total. The molecule has 0 rings (SSSR count). The van der Waals surface area contributed by atoms with Crippen LogP contribution in [0, 0.1) is 0 Å². The second-order valence-corrected chi connectivity index (χ2v) is 7.54. The van der Waals surface area contributed by atoms with Gasteiger partial charge in [0.1, 0.15) is 0 Å². The third-order valence-electron chi connectivity index (χ3n) is 3.19.